The maximum Gasteiger partial charge on any atom is 0.371 e. The molecule has 3 aromatic rings. The molecule has 2 aromatic carbocycles. The van der Waals surface area contributed by atoms with Crippen molar-refractivity contribution < 1.29 is 19.1 Å². The van der Waals surface area contributed by atoms with Crippen molar-refractivity contribution in [2.24, 2.45) is 0 Å². The molecule has 0 fully saturated rings. The second-order valence-electron chi connectivity index (χ2n) is 4.68. The molecule has 0 spiro atoms. The van der Waals surface area contributed by atoms with E-state index in [1.54, 1.807) is 18.2 Å². The number of fused-ring (bicyclic) bond motifs is 1. The lowest BCUT2D eigenvalue weighted by atomic mass is 10.2. The smallest absolute Gasteiger partial charge is 0.371 e. The molecular weight excluding hydrogens is 284 g/mol. The van der Waals surface area contributed by atoms with Crippen molar-refractivity contribution in [2.45, 2.75) is 6.61 Å². The highest BCUT2D eigenvalue weighted by Crippen LogP contribution is 2.24. The van der Waals surface area contributed by atoms with Gasteiger partial charge in [0.05, 0.1) is 0 Å². The van der Waals surface area contributed by atoms with Crippen LogP contribution in [-0.2, 0) is 6.61 Å². The molecule has 0 atom stereocenters. The van der Waals surface area contributed by atoms with E-state index in [9.17, 15) is 9.59 Å². The molecule has 0 saturated carbocycles. The number of carboxylic acid groups (broad SMARTS) is 1. The summed E-state index contributed by atoms with van der Waals surface area (Å²) in [4.78, 5) is 23.1. The maximum atomic E-state index is 12.1. The third kappa shape index (κ3) is 2.69. The summed E-state index contributed by atoms with van der Waals surface area (Å²) in [5, 5.41) is 9.17. The molecule has 0 aliphatic heterocycles. The number of ether oxygens (including phenoxy) is 1. The summed E-state index contributed by atoms with van der Waals surface area (Å²) >= 11 is 0. The fourth-order valence-electron chi connectivity index (χ4n) is 2.14. The lowest BCUT2D eigenvalue weighted by Crippen LogP contribution is -2.08. The molecule has 1 N–H and O–H groups in total. The Balaban J connectivity index is 2.00. The van der Waals surface area contributed by atoms with Crippen molar-refractivity contribution in [3.05, 3.63) is 76.1 Å². The van der Waals surface area contributed by atoms with E-state index in [1.165, 1.54) is 0 Å². The van der Waals surface area contributed by atoms with Crippen molar-refractivity contribution in [1.29, 1.82) is 0 Å². The van der Waals surface area contributed by atoms with E-state index in [0.29, 0.717) is 12.4 Å². The standard InChI is InChI=1S/C17H12O5/c18-12-9-15(17(19)20)22-14-8-4-7-13(16(12)14)21-10-11-5-2-1-3-6-11/h1-9H,10H2,(H,19,20). The number of benzene rings is 2. The second-order valence-corrected chi connectivity index (χ2v) is 4.68. The van der Waals surface area contributed by atoms with E-state index in [2.05, 4.69) is 0 Å². The molecular formula is C17H12O5. The zero-order valence-electron chi connectivity index (χ0n) is 11.5. The lowest BCUT2D eigenvalue weighted by molar-refractivity contribution is 0.0663. The molecule has 1 aromatic heterocycles. The molecule has 1 heterocycles. The van der Waals surface area contributed by atoms with Crippen LogP contribution in [-0.4, -0.2) is 11.1 Å². The highest BCUT2D eigenvalue weighted by Gasteiger charge is 2.14. The predicted octanol–water partition coefficient (Wildman–Crippen LogP) is 3.07. The van der Waals surface area contributed by atoms with Crippen LogP contribution >= 0.6 is 0 Å². The summed E-state index contributed by atoms with van der Waals surface area (Å²) < 4.78 is 10.9. The first-order valence-electron chi connectivity index (χ1n) is 6.62. The van der Waals surface area contributed by atoms with Gasteiger partial charge in [0.25, 0.3) is 0 Å². The van der Waals surface area contributed by atoms with Crippen LogP contribution in [0.15, 0.2) is 63.8 Å². The summed E-state index contributed by atoms with van der Waals surface area (Å²) in [6.45, 7) is 0.306. The van der Waals surface area contributed by atoms with Crippen LogP contribution < -0.4 is 10.2 Å². The van der Waals surface area contributed by atoms with Crippen LogP contribution in [0.3, 0.4) is 0 Å². The number of hydrogen-bond donors (Lipinski definition) is 1. The quantitative estimate of drug-likeness (QED) is 0.800. The molecule has 3 rings (SSSR count). The van der Waals surface area contributed by atoms with Crippen LogP contribution in [0, 0.1) is 0 Å². The van der Waals surface area contributed by atoms with Gasteiger partial charge < -0.3 is 14.3 Å². The zero-order chi connectivity index (χ0) is 15.5. The van der Waals surface area contributed by atoms with Crippen LogP contribution in [0.25, 0.3) is 11.0 Å². The monoisotopic (exact) mass is 296 g/mol. The largest absolute Gasteiger partial charge is 0.488 e. The molecule has 22 heavy (non-hydrogen) atoms. The zero-order valence-corrected chi connectivity index (χ0v) is 11.5. The Labute approximate surface area is 125 Å². The van der Waals surface area contributed by atoms with E-state index in [1.807, 2.05) is 30.3 Å². The number of rotatable bonds is 4. The fourth-order valence-corrected chi connectivity index (χ4v) is 2.14. The molecule has 0 bridgehead atoms. The van der Waals surface area contributed by atoms with E-state index in [0.717, 1.165) is 11.6 Å². The number of aromatic carboxylic acids is 1. The average molecular weight is 296 g/mol. The number of carbonyl (C=O) groups is 1. The molecule has 0 saturated heterocycles. The minimum Gasteiger partial charge on any atom is -0.488 e. The Hall–Kier alpha value is -3.08. The van der Waals surface area contributed by atoms with Gasteiger partial charge >= 0.3 is 5.97 Å². The van der Waals surface area contributed by atoms with Gasteiger partial charge in [-0.15, -0.1) is 0 Å². The fraction of sp³-hybridized carbons (Fsp3) is 0.0588. The maximum absolute atomic E-state index is 12.1. The Morgan fingerprint density at radius 1 is 1.09 bits per heavy atom. The van der Waals surface area contributed by atoms with Crippen molar-refractivity contribution in [2.75, 3.05) is 0 Å². The van der Waals surface area contributed by atoms with Crippen LogP contribution in [0.2, 0.25) is 0 Å². The first-order valence-corrected chi connectivity index (χ1v) is 6.62. The highest BCUT2D eigenvalue weighted by atomic mass is 16.5. The topological polar surface area (TPSA) is 76.7 Å². The minimum atomic E-state index is -1.28. The van der Waals surface area contributed by atoms with Crippen LogP contribution in [0.4, 0.5) is 0 Å². The van der Waals surface area contributed by atoms with Gasteiger partial charge in [-0.3, -0.25) is 4.79 Å². The van der Waals surface area contributed by atoms with Crippen LogP contribution in [0.5, 0.6) is 5.75 Å². The summed E-state index contributed by atoms with van der Waals surface area (Å²) in [6, 6.07) is 15.3. The molecule has 110 valence electrons. The summed E-state index contributed by atoms with van der Waals surface area (Å²) in [5.74, 6) is -1.31. The Morgan fingerprint density at radius 3 is 2.59 bits per heavy atom. The van der Waals surface area contributed by atoms with Gasteiger partial charge in [-0.25, -0.2) is 4.79 Å². The molecule has 0 aliphatic rings. The summed E-state index contributed by atoms with van der Waals surface area (Å²) in [5.41, 5.74) is 0.712. The van der Waals surface area contributed by atoms with Gasteiger partial charge in [0.1, 0.15) is 23.3 Å². The molecule has 5 heteroatoms. The van der Waals surface area contributed by atoms with E-state index >= 15 is 0 Å². The third-order valence-corrected chi connectivity index (χ3v) is 3.16. The van der Waals surface area contributed by atoms with Gasteiger partial charge in [-0.2, -0.15) is 0 Å². The SMILES string of the molecule is O=C(O)c1cc(=O)c2c(OCc3ccccc3)cccc2o1. The van der Waals surface area contributed by atoms with E-state index < -0.39 is 17.2 Å². The van der Waals surface area contributed by atoms with Crippen LogP contribution in [0.1, 0.15) is 16.1 Å². The molecule has 0 unspecified atom stereocenters. The average Bonchev–Trinajstić information content (AvgIpc) is 2.53. The van der Waals surface area contributed by atoms with Gasteiger partial charge in [0.15, 0.2) is 5.43 Å². The van der Waals surface area contributed by atoms with Crippen molar-refractivity contribution >= 4 is 16.9 Å². The highest BCUT2D eigenvalue weighted by molar-refractivity contribution is 5.89. The second kappa shape index (κ2) is 5.73. The van der Waals surface area contributed by atoms with E-state index in [4.69, 9.17) is 14.3 Å². The Morgan fingerprint density at radius 2 is 1.86 bits per heavy atom. The van der Waals surface area contributed by atoms with Gasteiger partial charge in [-0.1, -0.05) is 36.4 Å². The Bertz CT molecular complexity index is 880. The van der Waals surface area contributed by atoms with Gasteiger partial charge in [0, 0.05) is 6.07 Å². The summed E-state index contributed by atoms with van der Waals surface area (Å²) in [6.07, 6.45) is 0. The minimum absolute atomic E-state index is 0.190. The number of hydrogen-bond acceptors (Lipinski definition) is 4. The predicted molar refractivity (Wildman–Crippen MR) is 80.2 cm³/mol. The lowest BCUT2D eigenvalue weighted by Gasteiger charge is -2.08. The normalized spacial score (nSPS) is 10.5. The van der Waals surface area contributed by atoms with Gasteiger partial charge in [-0.05, 0) is 17.7 Å². The molecule has 0 aliphatic carbocycles. The summed E-state index contributed by atoms with van der Waals surface area (Å²) in [7, 11) is 0. The third-order valence-electron chi connectivity index (χ3n) is 3.16. The van der Waals surface area contributed by atoms with Crippen molar-refractivity contribution in [3.8, 4) is 5.75 Å². The Kier molecular flexibility index (Phi) is 3.62. The van der Waals surface area contributed by atoms with Crippen molar-refractivity contribution in [3.63, 3.8) is 0 Å². The molecule has 0 radical (unpaired) electrons. The first kappa shape index (κ1) is 13.9. The number of carboxylic acids is 1. The van der Waals surface area contributed by atoms with Gasteiger partial charge in [0.2, 0.25) is 5.76 Å². The molecule has 0 amide bonds. The van der Waals surface area contributed by atoms with E-state index in [-0.39, 0.29) is 11.0 Å². The molecule has 5 nitrogen and oxygen atoms in total. The van der Waals surface area contributed by atoms with Crippen molar-refractivity contribution in [1.82, 2.24) is 0 Å². The first-order chi connectivity index (χ1) is 10.6.